The fourth-order valence-electron chi connectivity index (χ4n) is 0.789. The Morgan fingerprint density at radius 2 is 0.900 bits per heavy atom. The zero-order chi connectivity index (χ0) is 5.98. The Labute approximate surface area is 87.7 Å². The molecule has 0 aliphatic carbocycles. The van der Waals surface area contributed by atoms with Gasteiger partial charge in [0, 0.05) is 0 Å². The molecule has 1 aliphatic rings. The van der Waals surface area contributed by atoms with E-state index in [1.54, 1.807) is 0 Å². The maximum atomic E-state index is 3.81. The van der Waals surface area contributed by atoms with Crippen LogP contribution in [-0.2, 0) is 0 Å². The van der Waals surface area contributed by atoms with E-state index >= 15 is 0 Å². The van der Waals surface area contributed by atoms with Gasteiger partial charge in [0.25, 0.3) is 0 Å². The van der Waals surface area contributed by atoms with Crippen LogP contribution in [0.4, 0.5) is 0 Å². The summed E-state index contributed by atoms with van der Waals surface area (Å²) in [6.45, 7) is 4.24. The van der Waals surface area contributed by atoms with Crippen molar-refractivity contribution in [2.45, 2.75) is 0 Å². The molecule has 10 heavy (non-hydrogen) atoms. The summed E-state index contributed by atoms with van der Waals surface area (Å²) in [6, 6.07) is 0. The second-order valence-corrected chi connectivity index (χ2v) is 2.24. The van der Waals surface area contributed by atoms with Crippen LogP contribution in [0.15, 0.2) is 0 Å². The molecule has 2 nitrogen and oxygen atoms in total. The molecule has 0 atom stereocenters. The normalized spacial score (nSPS) is 21.0. The van der Waals surface area contributed by atoms with Crippen molar-refractivity contribution in [2.24, 2.45) is 0 Å². The van der Waals surface area contributed by atoms with Crippen LogP contribution in [0.3, 0.4) is 0 Å². The van der Waals surface area contributed by atoms with E-state index in [1.165, 1.54) is 0 Å². The minimum Gasteiger partial charge on any atom is -0.457 e. The van der Waals surface area contributed by atoms with Crippen LogP contribution >= 0.6 is 0 Å². The summed E-state index contributed by atoms with van der Waals surface area (Å²) in [5, 5.41) is 0. The van der Waals surface area contributed by atoms with Gasteiger partial charge in [0.2, 0.25) is 0 Å². The first-order chi connectivity index (χ1) is 3.79. The van der Waals surface area contributed by atoms with Gasteiger partial charge in [-0.3, -0.25) is 14.1 Å². The first-order valence-electron chi connectivity index (χ1n) is 2.90. The smallest absolute Gasteiger partial charge is 0.457 e. The van der Waals surface area contributed by atoms with Gasteiger partial charge in [0.1, 0.15) is 0 Å². The van der Waals surface area contributed by atoms with E-state index in [9.17, 15) is 0 Å². The van der Waals surface area contributed by atoms with Gasteiger partial charge in [-0.15, -0.1) is 0 Å². The van der Waals surface area contributed by atoms with Gasteiger partial charge in [-0.1, -0.05) is 0 Å². The van der Waals surface area contributed by atoms with E-state index in [0.717, 1.165) is 26.2 Å². The minimum atomic E-state index is 0. The summed E-state index contributed by atoms with van der Waals surface area (Å²) in [7, 11) is 7.62. The minimum absolute atomic E-state index is 0. The molecule has 1 heterocycles. The zero-order valence-corrected chi connectivity index (χ0v) is 7.14. The van der Waals surface area contributed by atoms with E-state index in [1.807, 2.05) is 0 Å². The van der Waals surface area contributed by atoms with Gasteiger partial charge >= 0.3 is 37.7 Å². The Morgan fingerprint density at radius 1 is 0.700 bits per heavy atom. The number of hydrogen-bond acceptors (Lipinski definition) is 2. The van der Waals surface area contributed by atoms with Gasteiger partial charge in [-0.05, 0) is 26.2 Å². The van der Waals surface area contributed by atoms with Crippen molar-refractivity contribution < 1.29 is 37.7 Å². The third kappa shape index (κ3) is 4.86. The zero-order valence-electron chi connectivity index (χ0n) is 7.14. The Kier molecular flexibility index (Phi) is 9.31. The van der Waals surface area contributed by atoms with Gasteiger partial charge < -0.3 is 9.80 Å². The molecule has 1 aliphatic heterocycles. The van der Waals surface area contributed by atoms with Crippen LogP contribution in [0.25, 0.3) is 0 Å². The molecule has 0 aromatic rings. The Morgan fingerprint density at radius 3 is 1.10 bits per heavy atom. The van der Waals surface area contributed by atoms with Gasteiger partial charge in [0.05, 0.1) is 0 Å². The van der Waals surface area contributed by atoms with Gasteiger partial charge in [-0.25, -0.2) is 0 Å². The molecule has 0 N–H and O–H groups in total. The number of rotatable bonds is 0. The molecule has 0 amide bonds. The molecule has 0 aromatic heterocycles. The third-order valence-corrected chi connectivity index (χ3v) is 1.46. The molecule has 1 saturated heterocycles. The summed E-state index contributed by atoms with van der Waals surface area (Å²) in [5.74, 6) is 0. The van der Waals surface area contributed by atoms with Crippen LogP contribution < -0.4 is 37.7 Å². The fraction of sp³-hybridized carbons (Fsp3) is 0.667. The predicted molar refractivity (Wildman–Crippen MR) is 33.9 cm³/mol. The average molecular weight is 126 g/mol. The van der Waals surface area contributed by atoms with E-state index in [-0.39, 0.29) is 37.7 Å². The summed E-state index contributed by atoms with van der Waals surface area (Å²) in [5.41, 5.74) is 0. The van der Waals surface area contributed by atoms with Crippen molar-refractivity contribution in [3.63, 3.8) is 0 Å². The second-order valence-electron chi connectivity index (χ2n) is 2.24. The second kappa shape index (κ2) is 6.80. The Bertz CT molecular complexity index is 62.1. The topological polar surface area (TPSA) is 6.48 Å². The molecule has 0 unspecified atom stereocenters. The molecule has 1 rings (SSSR count). The number of hydrogen-bond donors (Lipinski definition) is 0. The molecule has 0 radical (unpaired) electrons. The fourth-order valence-corrected chi connectivity index (χ4v) is 0.789. The molecule has 0 bridgehead atoms. The van der Waals surface area contributed by atoms with E-state index < -0.39 is 0 Å². The standard InChI is InChI=1S/C6H12N2.2Li/c1-7-3-5-8(2)6-4-7;;/h1-6H2;;/q-2;2*+1. The van der Waals surface area contributed by atoms with Crippen LogP contribution in [-0.4, -0.2) is 36.0 Å². The molecule has 48 valence electrons. The molecule has 0 spiro atoms. The van der Waals surface area contributed by atoms with Crippen molar-refractivity contribution in [3.05, 3.63) is 14.1 Å². The summed E-state index contributed by atoms with van der Waals surface area (Å²) < 4.78 is 0. The van der Waals surface area contributed by atoms with Crippen molar-refractivity contribution in [1.82, 2.24) is 9.80 Å². The largest absolute Gasteiger partial charge is 1.00 e. The maximum absolute atomic E-state index is 3.81. The predicted octanol–water partition coefficient (Wildman–Crippen LogP) is -5.80. The van der Waals surface area contributed by atoms with Gasteiger partial charge in [-0.2, -0.15) is 0 Å². The molecule has 0 aromatic carbocycles. The van der Waals surface area contributed by atoms with Gasteiger partial charge in [0.15, 0.2) is 0 Å². The van der Waals surface area contributed by atoms with Crippen LogP contribution in [0.5, 0.6) is 0 Å². The monoisotopic (exact) mass is 126 g/mol. The molecular formula is C6H12Li2N2. The summed E-state index contributed by atoms with van der Waals surface area (Å²) >= 11 is 0. The van der Waals surface area contributed by atoms with E-state index in [2.05, 4.69) is 23.9 Å². The van der Waals surface area contributed by atoms with Crippen molar-refractivity contribution in [3.8, 4) is 0 Å². The summed E-state index contributed by atoms with van der Waals surface area (Å²) in [6.07, 6.45) is 0. The van der Waals surface area contributed by atoms with Crippen molar-refractivity contribution in [1.29, 1.82) is 0 Å². The molecular weight excluding hydrogens is 114 g/mol. The summed E-state index contributed by atoms with van der Waals surface area (Å²) in [4.78, 5) is 4.14. The molecule has 4 heteroatoms. The van der Waals surface area contributed by atoms with Crippen LogP contribution in [0.1, 0.15) is 0 Å². The Hall–Kier alpha value is 1.11. The van der Waals surface area contributed by atoms with Crippen LogP contribution in [0, 0.1) is 14.1 Å². The first kappa shape index (κ1) is 13.7. The Balaban J connectivity index is 0. The molecule has 1 fully saturated rings. The van der Waals surface area contributed by atoms with E-state index in [4.69, 9.17) is 0 Å². The first-order valence-corrected chi connectivity index (χ1v) is 2.90. The average Bonchev–Trinajstić information content (AvgIpc) is 1.77. The quantitative estimate of drug-likeness (QED) is 0.236. The van der Waals surface area contributed by atoms with E-state index in [0.29, 0.717) is 0 Å². The SMILES string of the molecule is [CH2-]N1CCN([CH2-])CC1.[Li+].[Li+]. The maximum Gasteiger partial charge on any atom is 1.00 e. The number of piperazine rings is 1. The van der Waals surface area contributed by atoms with Crippen molar-refractivity contribution in [2.75, 3.05) is 26.2 Å². The van der Waals surface area contributed by atoms with Crippen LogP contribution in [0.2, 0.25) is 0 Å². The molecule has 0 saturated carbocycles. The number of nitrogens with zero attached hydrogens (tertiary/aromatic N) is 2. The third-order valence-electron chi connectivity index (χ3n) is 1.46. The van der Waals surface area contributed by atoms with Crippen molar-refractivity contribution >= 4 is 0 Å².